The fourth-order valence-corrected chi connectivity index (χ4v) is 1.07. The first-order valence-corrected chi connectivity index (χ1v) is 3.95. The topological polar surface area (TPSA) is 74.6 Å². The van der Waals surface area contributed by atoms with E-state index >= 15 is 0 Å². The first-order valence-electron chi connectivity index (χ1n) is 3.95. The Labute approximate surface area is 84.3 Å². The molecule has 0 fully saturated rings. The molecular formula is C10H7FO4. The van der Waals surface area contributed by atoms with Crippen LogP contribution in [0.2, 0.25) is 0 Å². The van der Waals surface area contributed by atoms with Gasteiger partial charge in [-0.1, -0.05) is 12.1 Å². The molecule has 0 atom stereocenters. The van der Waals surface area contributed by atoms with Gasteiger partial charge < -0.3 is 10.2 Å². The number of carboxylic acids is 2. The zero-order valence-electron chi connectivity index (χ0n) is 7.48. The molecule has 0 aliphatic carbocycles. The lowest BCUT2D eigenvalue weighted by molar-refractivity contribution is -0.131. The molecule has 0 bridgehead atoms. The number of carboxylic acid groups (broad SMARTS) is 2. The van der Waals surface area contributed by atoms with E-state index in [-0.39, 0.29) is 5.56 Å². The van der Waals surface area contributed by atoms with Gasteiger partial charge in [-0.25, -0.2) is 14.0 Å². The van der Waals surface area contributed by atoms with Gasteiger partial charge in [0.15, 0.2) is 0 Å². The first-order chi connectivity index (χ1) is 7.02. The summed E-state index contributed by atoms with van der Waals surface area (Å²) in [6.07, 6.45) is 1.79. The van der Waals surface area contributed by atoms with Gasteiger partial charge in [0.2, 0.25) is 0 Å². The van der Waals surface area contributed by atoms with Crippen molar-refractivity contribution >= 4 is 18.0 Å². The van der Waals surface area contributed by atoms with Crippen LogP contribution in [-0.4, -0.2) is 22.2 Å². The number of hydrogen-bond donors (Lipinski definition) is 2. The molecule has 0 amide bonds. The maximum absolute atomic E-state index is 13.1. The molecule has 15 heavy (non-hydrogen) atoms. The second-order valence-electron chi connectivity index (χ2n) is 2.68. The lowest BCUT2D eigenvalue weighted by Gasteiger charge is -2.01. The number of aliphatic carboxylic acids is 1. The van der Waals surface area contributed by atoms with Crippen LogP contribution in [0.1, 0.15) is 15.9 Å². The van der Waals surface area contributed by atoms with E-state index in [1.54, 1.807) is 0 Å². The van der Waals surface area contributed by atoms with Crippen LogP contribution in [-0.2, 0) is 4.79 Å². The van der Waals surface area contributed by atoms with Gasteiger partial charge in [0.25, 0.3) is 0 Å². The van der Waals surface area contributed by atoms with Crippen LogP contribution < -0.4 is 0 Å². The zero-order chi connectivity index (χ0) is 11.4. The van der Waals surface area contributed by atoms with Crippen molar-refractivity contribution in [2.24, 2.45) is 0 Å². The molecular weight excluding hydrogens is 203 g/mol. The van der Waals surface area contributed by atoms with Gasteiger partial charge in [0.1, 0.15) is 11.4 Å². The monoisotopic (exact) mass is 210 g/mol. The molecule has 2 N–H and O–H groups in total. The van der Waals surface area contributed by atoms with E-state index < -0.39 is 23.3 Å². The molecule has 0 saturated carbocycles. The highest BCUT2D eigenvalue weighted by Crippen LogP contribution is 2.15. The maximum Gasteiger partial charge on any atom is 0.339 e. The van der Waals surface area contributed by atoms with Crippen molar-refractivity contribution in [3.05, 3.63) is 41.2 Å². The van der Waals surface area contributed by atoms with Crippen LogP contribution in [0.3, 0.4) is 0 Å². The van der Waals surface area contributed by atoms with Crippen molar-refractivity contribution in [1.82, 2.24) is 0 Å². The van der Waals surface area contributed by atoms with Crippen LogP contribution in [0.4, 0.5) is 4.39 Å². The van der Waals surface area contributed by atoms with Crippen LogP contribution in [0.15, 0.2) is 24.3 Å². The fourth-order valence-electron chi connectivity index (χ4n) is 1.07. The van der Waals surface area contributed by atoms with E-state index in [1.807, 2.05) is 0 Å². The molecule has 1 aromatic rings. The summed E-state index contributed by atoms with van der Waals surface area (Å²) in [7, 11) is 0. The number of benzene rings is 1. The molecule has 5 heteroatoms. The molecule has 0 unspecified atom stereocenters. The molecule has 78 valence electrons. The van der Waals surface area contributed by atoms with E-state index in [0.717, 1.165) is 18.2 Å². The maximum atomic E-state index is 13.1. The highest BCUT2D eigenvalue weighted by atomic mass is 19.1. The molecule has 0 saturated heterocycles. The van der Waals surface area contributed by atoms with Crippen LogP contribution >= 0.6 is 0 Å². The van der Waals surface area contributed by atoms with Gasteiger partial charge >= 0.3 is 11.9 Å². The van der Waals surface area contributed by atoms with Crippen molar-refractivity contribution in [2.75, 3.05) is 0 Å². The lowest BCUT2D eigenvalue weighted by Crippen LogP contribution is -2.03. The highest BCUT2D eigenvalue weighted by Gasteiger charge is 2.13. The Morgan fingerprint density at radius 2 is 1.93 bits per heavy atom. The molecule has 0 heterocycles. The Bertz CT molecular complexity index is 437. The number of carbonyl (C=O) groups is 2. The summed E-state index contributed by atoms with van der Waals surface area (Å²) >= 11 is 0. The summed E-state index contributed by atoms with van der Waals surface area (Å²) in [6, 6.07) is 3.64. The summed E-state index contributed by atoms with van der Waals surface area (Å²) in [5, 5.41) is 17.0. The second kappa shape index (κ2) is 4.36. The summed E-state index contributed by atoms with van der Waals surface area (Å²) in [4.78, 5) is 20.9. The third kappa shape index (κ3) is 2.63. The first kappa shape index (κ1) is 10.9. The van der Waals surface area contributed by atoms with Crippen molar-refractivity contribution in [2.45, 2.75) is 0 Å². The summed E-state index contributed by atoms with van der Waals surface area (Å²) < 4.78 is 13.1. The number of aromatic carboxylic acids is 1. The Hall–Kier alpha value is -2.17. The van der Waals surface area contributed by atoms with Crippen molar-refractivity contribution < 1.29 is 24.2 Å². The van der Waals surface area contributed by atoms with Gasteiger partial charge in [0.05, 0.1) is 0 Å². The van der Waals surface area contributed by atoms with Crippen molar-refractivity contribution in [3.8, 4) is 0 Å². The van der Waals surface area contributed by atoms with Crippen LogP contribution in [0.25, 0.3) is 6.08 Å². The van der Waals surface area contributed by atoms with Crippen LogP contribution in [0.5, 0.6) is 0 Å². The van der Waals surface area contributed by atoms with E-state index in [9.17, 15) is 14.0 Å². The average molecular weight is 210 g/mol. The molecule has 0 aliphatic heterocycles. The highest BCUT2D eigenvalue weighted by molar-refractivity contribution is 5.94. The third-order valence-electron chi connectivity index (χ3n) is 1.67. The van der Waals surface area contributed by atoms with E-state index in [0.29, 0.717) is 0 Å². The summed E-state index contributed by atoms with van der Waals surface area (Å²) in [6.45, 7) is 0. The Kier molecular flexibility index (Phi) is 3.17. The SMILES string of the molecule is O=C(O)C=Cc1cccc(F)c1C(=O)O. The van der Waals surface area contributed by atoms with Gasteiger partial charge in [-0.05, 0) is 17.7 Å². The minimum absolute atomic E-state index is 0.0184. The number of hydrogen-bond acceptors (Lipinski definition) is 2. The van der Waals surface area contributed by atoms with E-state index in [2.05, 4.69) is 0 Å². The van der Waals surface area contributed by atoms with Gasteiger partial charge in [0, 0.05) is 6.08 Å². The molecule has 0 radical (unpaired) electrons. The smallest absolute Gasteiger partial charge is 0.339 e. The molecule has 1 rings (SSSR count). The van der Waals surface area contributed by atoms with Gasteiger partial charge in [-0.15, -0.1) is 0 Å². The minimum Gasteiger partial charge on any atom is -0.478 e. The normalized spacial score (nSPS) is 10.5. The molecule has 1 aromatic carbocycles. The predicted molar refractivity (Wildman–Crippen MR) is 50.0 cm³/mol. The van der Waals surface area contributed by atoms with Crippen molar-refractivity contribution in [1.29, 1.82) is 0 Å². The Morgan fingerprint density at radius 3 is 2.47 bits per heavy atom. The lowest BCUT2D eigenvalue weighted by atomic mass is 10.1. The van der Waals surface area contributed by atoms with Crippen molar-refractivity contribution in [3.63, 3.8) is 0 Å². The minimum atomic E-state index is -1.43. The van der Waals surface area contributed by atoms with Gasteiger partial charge in [-0.2, -0.15) is 0 Å². The molecule has 0 aliphatic rings. The summed E-state index contributed by atoms with van der Waals surface area (Å²) in [5.41, 5.74) is -0.514. The average Bonchev–Trinajstić information content (AvgIpc) is 2.13. The standard InChI is InChI=1S/C10H7FO4/c11-7-3-1-2-6(4-5-8(12)13)9(7)10(14)15/h1-5H,(H,12,13)(H,14,15). The van der Waals surface area contributed by atoms with Gasteiger partial charge in [-0.3, -0.25) is 0 Å². The predicted octanol–water partition coefficient (Wildman–Crippen LogP) is 1.62. The van der Waals surface area contributed by atoms with Crippen LogP contribution in [0, 0.1) is 5.82 Å². The second-order valence-corrected chi connectivity index (χ2v) is 2.68. The molecule has 0 spiro atoms. The zero-order valence-corrected chi connectivity index (χ0v) is 7.48. The third-order valence-corrected chi connectivity index (χ3v) is 1.67. The summed E-state index contributed by atoms with van der Waals surface area (Å²) in [5.74, 6) is -3.55. The Balaban J connectivity index is 3.23. The molecule has 0 aromatic heterocycles. The molecule has 4 nitrogen and oxygen atoms in total. The fraction of sp³-hybridized carbons (Fsp3) is 0. The Morgan fingerprint density at radius 1 is 1.27 bits per heavy atom. The van der Waals surface area contributed by atoms with E-state index in [1.165, 1.54) is 12.1 Å². The quantitative estimate of drug-likeness (QED) is 0.743. The van der Waals surface area contributed by atoms with E-state index in [4.69, 9.17) is 10.2 Å². The number of rotatable bonds is 3. The largest absolute Gasteiger partial charge is 0.478 e. The number of halogens is 1.